The van der Waals surface area contributed by atoms with Crippen LogP contribution in [0.5, 0.6) is 0 Å². The lowest BCUT2D eigenvalue weighted by atomic mass is 9.96. The molecule has 0 radical (unpaired) electrons. The number of amides is 4. The number of thiazole rings is 4. The highest BCUT2D eigenvalue weighted by atomic mass is 32.1. The van der Waals surface area contributed by atoms with Crippen LogP contribution >= 0.6 is 45.3 Å². The summed E-state index contributed by atoms with van der Waals surface area (Å²) in [7, 11) is 0. The lowest BCUT2D eigenvalue weighted by Gasteiger charge is -2.22. The predicted molar refractivity (Wildman–Crippen MR) is 523 cm³/mol. The topological polar surface area (TPSA) is 476 Å². The first-order valence-corrected chi connectivity index (χ1v) is 46.1. The van der Waals surface area contributed by atoms with Crippen molar-refractivity contribution in [1.82, 2.24) is 39.9 Å². The van der Waals surface area contributed by atoms with Gasteiger partial charge in [-0.2, -0.15) is 0 Å². The van der Waals surface area contributed by atoms with E-state index in [1.54, 1.807) is 104 Å². The SMILES string of the molecule is C=CCOC(=O)c1sc(N2C(=O)C(=O)/C(=C(/O)c3ccc(C)c(F)c3)C2c2cccnc2)nc1C.C=CCOC(=O)c1sc(N2C(=O)C(=O)/C(=C(/O)c3ccc(C)c(F)c3)C2c2cccnc2)nc1C.C=CCOC(=O)c1sc(N2C(=O)C(=O)/C(=C(/O)c3ccc(C)c(F)c3)C2c2cccnc2)nc1C.C=CCOC(=O)c1sc(N2C(=O)C(=O)/C(=C(/O)c3ccc(C)c(F)c3)C2c2cccnc2)nc1C.CC(=O)O. The second-order valence-corrected chi connectivity index (χ2v) is 35.3. The quantitative estimate of drug-likeness (QED) is 0.00713. The number of carboxylic acids is 1. The van der Waals surface area contributed by atoms with Gasteiger partial charge in [-0.3, -0.25) is 82.7 Å². The van der Waals surface area contributed by atoms with E-state index in [4.69, 9.17) is 28.8 Å². The average molecular weight is 2030 g/mol. The van der Waals surface area contributed by atoms with Gasteiger partial charge >= 0.3 is 47.5 Å². The number of esters is 4. The van der Waals surface area contributed by atoms with Crippen molar-refractivity contribution in [2.45, 2.75) is 86.5 Å². The number of aliphatic hydroxyl groups is 4. The number of pyridine rings is 4. The Morgan fingerprint density at radius 1 is 0.333 bits per heavy atom. The molecule has 0 saturated carbocycles. The molecule has 12 aromatic rings. The van der Waals surface area contributed by atoms with Crippen LogP contribution in [0.1, 0.15) is 159 Å². The van der Waals surface area contributed by atoms with Crippen LogP contribution < -0.4 is 19.6 Å². The number of carboxylic acid groups (broad SMARTS) is 1. The summed E-state index contributed by atoms with van der Waals surface area (Å²) in [6, 6.07) is 24.7. The van der Waals surface area contributed by atoms with Crippen molar-refractivity contribution < 1.29 is 124 Å². The maximum atomic E-state index is 14.2. The normalized spacial score (nSPS) is 16.7. The zero-order valence-corrected chi connectivity index (χ0v) is 80.9. The molecule has 34 nitrogen and oxygen atoms in total. The second-order valence-electron chi connectivity index (χ2n) is 31.4. The molecule has 4 aliphatic heterocycles. The summed E-state index contributed by atoms with van der Waals surface area (Å²) < 4.78 is 77.2. The third kappa shape index (κ3) is 22.6. The molecule has 4 aromatic carbocycles. The van der Waals surface area contributed by atoms with E-state index >= 15 is 0 Å². The van der Waals surface area contributed by atoms with E-state index in [1.165, 1.54) is 122 Å². The third-order valence-electron chi connectivity index (χ3n) is 21.6. The van der Waals surface area contributed by atoms with Crippen LogP contribution in [-0.2, 0) is 62.1 Å². The summed E-state index contributed by atoms with van der Waals surface area (Å²) in [4.78, 5) is 203. The number of halogens is 4. The maximum absolute atomic E-state index is 14.2. The fraction of sp³-hybridized carbons (Fsp3) is 0.167. The van der Waals surface area contributed by atoms with Crippen molar-refractivity contribution in [3.8, 4) is 0 Å². The van der Waals surface area contributed by atoms with E-state index < -0.39 is 147 Å². The Kier molecular flexibility index (Phi) is 33.9. The average Bonchev–Trinajstić information content (AvgIpc) is 1.60. The fourth-order valence-electron chi connectivity index (χ4n) is 14.6. The Balaban J connectivity index is 0.000000169. The summed E-state index contributed by atoms with van der Waals surface area (Å²) in [6.07, 6.45) is 17.6. The number of nitrogens with zero attached hydrogens (tertiary/aromatic N) is 12. The van der Waals surface area contributed by atoms with Gasteiger partial charge in [-0.1, -0.05) is 169 Å². The summed E-state index contributed by atoms with van der Waals surface area (Å²) in [5.74, 6) is -15.5. The highest BCUT2D eigenvalue weighted by molar-refractivity contribution is 7.19. The molecule has 0 spiro atoms. The standard InChI is InChI=1S/4C25H20FN3O5S.C2H4O2/c4*1-4-10-34-24(33)22-14(3)28-25(35-22)29-19(16-6-5-9-27-12-16)18(21(31)23(29)32)20(30)15-8-7-13(2)17(26)11-15;1-2(3)4/h4*4-9,11-12,19,30H,1,10H2,2-3H3;1H3,(H,3,4)/b4*20-18+;. The van der Waals surface area contributed by atoms with Gasteiger partial charge in [0.05, 0.1) is 69.2 Å². The molecule has 144 heavy (non-hydrogen) atoms. The molecule has 4 amide bonds. The Labute approximate surface area is 833 Å². The lowest BCUT2D eigenvalue weighted by Crippen LogP contribution is -2.29. The molecule has 5 N–H and O–H groups in total. The molecule has 4 atom stereocenters. The number of aliphatic hydroxyl groups excluding tert-OH is 4. The van der Waals surface area contributed by atoms with E-state index in [-0.39, 0.29) is 111 Å². The molecule has 16 rings (SSSR count). The van der Waals surface area contributed by atoms with Crippen LogP contribution in [0.3, 0.4) is 0 Å². The van der Waals surface area contributed by atoms with Crippen LogP contribution in [0.15, 0.2) is 244 Å². The first-order valence-electron chi connectivity index (χ1n) is 42.8. The molecule has 4 saturated heterocycles. The molecular weight excluding hydrogens is 1950 g/mol. The van der Waals surface area contributed by atoms with Gasteiger partial charge < -0.3 is 44.5 Å². The minimum Gasteiger partial charge on any atom is -0.507 e. The third-order valence-corrected chi connectivity index (χ3v) is 26.1. The molecule has 736 valence electrons. The minimum absolute atomic E-state index is 0.00118. The number of hydrogen-bond donors (Lipinski definition) is 5. The summed E-state index contributed by atoms with van der Waals surface area (Å²) in [5.41, 5.74) is 3.59. The van der Waals surface area contributed by atoms with Gasteiger partial charge in [0.2, 0.25) is 0 Å². The van der Waals surface area contributed by atoms with Crippen molar-refractivity contribution in [2.75, 3.05) is 46.0 Å². The van der Waals surface area contributed by atoms with Crippen LogP contribution in [0, 0.1) is 78.7 Å². The molecule has 0 bridgehead atoms. The van der Waals surface area contributed by atoms with Crippen molar-refractivity contribution >= 4 is 166 Å². The summed E-state index contributed by atoms with van der Waals surface area (Å²) in [5, 5.41) is 51.9. The van der Waals surface area contributed by atoms with Crippen molar-refractivity contribution in [2.24, 2.45) is 0 Å². The number of carbonyl (C=O) groups is 13. The molecule has 0 aliphatic carbocycles. The van der Waals surface area contributed by atoms with Gasteiger partial charge in [-0.15, -0.1) is 0 Å². The van der Waals surface area contributed by atoms with Gasteiger partial charge in [0.1, 0.15) is 92.2 Å². The molecule has 8 aromatic heterocycles. The van der Waals surface area contributed by atoms with Gasteiger partial charge in [0, 0.05) is 78.8 Å². The Hall–Kier alpha value is -17.3. The van der Waals surface area contributed by atoms with E-state index in [0.717, 1.165) is 96.1 Å². The number of aliphatic carboxylic acids is 1. The number of anilines is 4. The molecular formula is C102H84F4N12O22S4. The molecule has 4 aliphatic rings. The highest BCUT2D eigenvalue weighted by Crippen LogP contribution is 2.50. The smallest absolute Gasteiger partial charge is 0.350 e. The van der Waals surface area contributed by atoms with E-state index in [1.807, 2.05) is 0 Å². The predicted octanol–water partition coefficient (Wildman–Crippen LogP) is 17.1. The van der Waals surface area contributed by atoms with Gasteiger partial charge in [-0.05, 0) is 148 Å². The molecule has 42 heteroatoms. The van der Waals surface area contributed by atoms with E-state index in [2.05, 4.69) is 66.2 Å². The number of hydrogen-bond acceptors (Lipinski definition) is 33. The summed E-state index contributed by atoms with van der Waals surface area (Å²) in [6.45, 7) is 27.7. The van der Waals surface area contributed by atoms with Crippen LogP contribution in [0.4, 0.5) is 38.1 Å². The Bertz CT molecular complexity index is 6500. The van der Waals surface area contributed by atoms with Crippen molar-refractivity contribution in [1.29, 1.82) is 0 Å². The second kappa shape index (κ2) is 46.2. The van der Waals surface area contributed by atoms with Gasteiger partial charge in [-0.25, -0.2) is 56.7 Å². The molecule has 4 fully saturated rings. The largest absolute Gasteiger partial charge is 0.507 e. The fourth-order valence-corrected chi connectivity index (χ4v) is 18.6. The Morgan fingerprint density at radius 3 is 0.681 bits per heavy atom. The number of Topliss-reactive ketones (excluding diaryl/α,β-unsaturated/α-hetero) is 4. The van der Waals surface area contributed by atoms with Crippen LogP contribution in [0.2, 0.25) is 0 Å². The summed E-state index contributed by atoms with van der Waals surface area (Å²) >= 11 is 3.53. The van der Waals surface area contributed by atoms with E-state index in [0.29, 0.717) is 67.3 Å². The number of carbonyl (C=O) groups excluding carboxylic acids is 12. The monoisotopic (exact) mass is 2030 g/mol. The highest BCUT2D eigenvalue weighted by Gasteiger charge is 2.53. The van der Waals surface area contributed by atoms with Crippen molar-refractivity contribution in [3.05, 3.63) is 376 Å². The molecule has 4 unspecified atom stereocenters. The van der Waals surface area contributed by atoms with Crippen LogP contribution in [-0.4, -0.2) is 168 Å². The first kappa shape index (κ1) is 106. The van der Waals surface area contributed by atoms with Crippen LogP contribution in [0.25, 0.3) is 23.0 Å². The minimum atomic E-state index is -1.10. The van der Waals surface area contributed by atoms with Gasteiger partial charge in [0.15, 0.2) is 20.5 Å². The zero-order valence-electron chi connectivity index (χ0n) is 77.6. The number of rotatable bonds is 24. The lowest BCUT2D eigenvalue weighted by molar-refractivity contribution is -0.134. The number of aromatic nitrogens is 8. The number of ketones is 4. The van der Waals surface area contributed by atoms with E-state index in [9.17, 15) is 95.5 Å². The number of benzene rings is 4. The zero-order chi connectivity index (χ0) is 105. The molecule has 12 heterocycles. The Morgan fingerprint density at radius 2 is 0.521 bits per heavy atom. The number of ether oxygens (including phenoxy) is 4. The number of aryl methyl sites for hydroxylation is 8. The maximum Gasteiger partial charge on any atom is 0.350 e. The first-order chi connectivity index (χ1) is 68.7. The van der Waals surface area contributed by atoms with Gasteiger partial charge in [0.25, 0.3) is 29.1 Å². The van der Waals surface area contributed by atoms with Crippen molar-refractivity contribution in [3.63, 3.8) is 0 Å².